The minimum absolute atomic E-state index is 0.0125. The summed E-state index contributed by atoms with van der Waals surface area (Å²) in [6.07, 6.45) is 2.33. The minimum Gasteiger partial charge on any atom is -0.370 e. The van der Waals surface area contributed by atoms with Crippen molar-refractivity contribution < 1.29 is 24.1 Å². The standard InChI is InChI=1S/C24H38N10O6/c1-14(2)11-19(30-15(3)35)22(37)32-20(12-16-6-8-18(9-7-16)34(39)40)21(36)31-17(13-29-33-24(27)38)5-4-10-28-23(25)26/h6-9,13-14,17,19-20H,4-5,10-12H2,1-3H3,(H,30,35)(H,31,36)(H,32,37)(H4,25,26,28)(H3,27,33,38)/b29-13+/t17-,19-,20-/m0/s1/i13+1. The smallest absolute Gasteiger partial charge is 0.332 e. The predicted molar refractivity (Wildman–Crippen MR) is 149 cm³/mol. The van der Waals surface area contributed by atoms with E-state index in [9.17, 15) is 29.3 Å². The summed E-state index contributed by atoms with van der Waals surface area (Å²) in [5.41, 5.74) is 18.2. The number of benzene rings is 1. The zero-order valence-electron chi connectivity index (χ0n) is 22.8. The van der Waals surface area contributed by atoms with Crippen LogP contribution in [-0.2, 0) is 20.8 Å². The zero-order chi connectivity index (χ0) is 30.2. The number of aliphatic imine (C=N–C) groups is 1. The van der Waals surface area contributed by atoms with Gasteiger partial charge in [0.05, 0.1) is 11.0 Å². The number of primary amides is 1. The Kier molecular flexibility index (Phi) is 14.1. The molecule has 0 aliphatic carbocycles. The summed E-state index contributed by atoms with van der Waals surface area (Å²) in [6, 6.07) is 1.91. The molecule has 0 radical (unpaired) electrons. The lowest BCUT2D eigenvalue weighted by Crippen LogP contribution is -2.56. The van der Waals surface area contributed by atoms with Gasteiger partial charge in [-0.3, -0.25) is 29.5 Å². The number of hydrogen-bond donors (Lipinski definition) is 7. The van der Waals surface area contributed by atoms with Crippen LogP contribution < -0.4 is 38.6 Å². The van der Waals surface area contributed by atoms with E-state index in [-0.39, 0.29) is 30.5 Å². The molecule has 220 valence electrons. The van der Waals surface area contributed by atoms with Crippen molar-refractivity contribution in [3.63, 3.8) is 0 Å². The van der Waals surface area contributed by atoms with Gasteiger partial charge in [-0.2, -0.15) is 5.10 Å². The topological polar surface area (TPSA) is 262 Å². The lowest BCUT2D eigenvalue weighted by atomic mass is 10.0. The highest BCUT2D eigenvalue weighted by Crippen LogP contribution is 2.14. The second-order valence-electron chi connectivity index (χ2n) is 9.39. The average Bonchev–Trinajstić information content (AvgIpc) is 2.84. The number of guanidine groups is 1. The number of hydrogen-bond acceptors (Lipinski definition) is 8. The molecule has 5 amide bonds. The van der Waals surface area contributed by atoms with E-state index in [2.05, 4.69) is 26.0 Å². The maximum atomic E-state index is 13.4. The fourth-order valence-corrected chi connectivity index (χ4v) is 3.60. The Balaban J connectivity index is 3.21. The molecular formula is C24H38N10O6. The number of nitro benzene ring substituents is 1. The lowest BCUT2D eigenvalue weighted by Gasteiger charge is -2.25. The van der Waals surface area contributed by atoms with Crippen LogP contribution in [0.25, 0.3) is 0 Å². The zero-order valence-corrected chi connectivity index (χ0v) is 22.8. The maximum absolute atomic E-state index is 13.4. The highest BCUT2D eigenvalue weighted by atomic mass is 16.6. The fourth-order valence-electron chi connectivity index (χ4n) is 3.60. The third-order valence-electron chi connectivity index (χ3n) is 5.35. The number of nitrogens with one attached hydrogen (secondary N) is 4. The fraction of sp³-hybridized carbons (Fsp3) is 0.500. The van der Waals surface area contributed by atoms with Crippen molar-refractivity contribution in [3.05, 3.63) is 39.9 Å². The first-order chi connectivity index (χ1) is 18.8. The van der Waals surface area contributed by atoms with Gasteiger partial charge in [0, 0.05) is 38.2 Å². The van der Waals surface area contributed by atoms with Crippen molar-refractivity contribution in [1.82, 2.24) is 21.4 Å². The van der Waals surface area contributed by atoms with E-state index in [1.54, 1.807) is 0 Å². The average molecular weight is 564 g/mol. The van der Waals surface area contributed by atoms with E-state index in [4.69, 9.17) is 17.2 Å². The van der Waals surface area contributed by atoms with Crippen LogP contribution in [0.2, 0.25) is 0 Å². The molecule has 16 heteroatoms. The van der Waals surface area contributed by atoms with E-state index in [1.807, 2.05) is 19.3 Å². The molecule has 40 heavy (non-hydrogen) atoms. The van der Waals surface area contributed by atoms with Crippen molar-refractivity contribution >= 4 is 41.6 Å². The molecule has 0 aliphatic heterocycles. The Morgan fingerprint density at radius 3 is 2.15 bits per heavy atom. The number of urea groups is 1. The summed E-state index contributed by atoms with van der Waals surface area (Å²) >= 11 is 0. The number of amides is 5. The molecule has 0 aromatic heterocycles. The van der Waals surface area contributed by atoms with E-state index in [0.29, 0.717) is 24.8 Å². The number of nitrogens with two attached hydrogens (primary N) is 3. The second kappa shape index (κ2) is 17.0. The Hall–Kier alpha value is -4.76. The quantitative estimate of drug-likeness (QED) is 0.0339. The normalized spacial score (nSPS) is 13.1. The van der Waals surface area contributed by atoms with Gasteiger partial charge < -0.3 is 33.2 Å². The van der Waals surface area contributed by atoms with Gasteiger partial charge in [0.1, 0.15) is 12.1 Å². The summed E-state index contributed by atoms with van der Waals surface area (Å²) < 4.78 is 0. The predicted octanol–water partition coefficient (Wildman–Crippen LogP) is -0.635. The lowest BCUT2D eigenvalue weighted by molar-refractivity contribution is -0.384. The summed E-state index contributed by atoms with van der Waals surface area (Å²) in [5, 5.41) is 22.8. The van der Waals surface area contributed by atoms with Gasteiger partial charge in [0.25, 0.3) is 5.69 Å². The van der Waals surface area contributed by atoms with Crippen molar-refractivity contribution in [2.45, 2.75) is 64.6 Å². The van der Waals surface area contributed by atoms with Gasteiger partial charge in [-0.15, -0.1) is 0 Å². The van der Waals surface area contributed by atoms with Crippen LogP contribution >= 0.6 is 0 Å². The minimum atomic E-state index is -1.13. The number of carbonyl (C=O) groups is 4. The molecule has 16 nitrogen and oxygen atoms in total. The van der Waals surface area contributed by atoms with Gasteiger partial charge in [-0.05, 0) is 30.7 Å². The number of carbonyl (C=O) groups excluding carboxylic acids is 4. The molecular weight excluding hydrogens is 525 g/mol. The molecule has 1 aromatic carbocycles. The van der Waals surface area contributed by atoms with Crippen LogP contribution in [0.15, 0.2) is 34.4 Å². The Bertz CT molecular complexity index is 1090. The molecule has 0 heterocycles. The third-order valence-corrected chi connectivity index (χ3v) is 5.35. The first kappa shape index (κ1) is 33.3. The molecule has 0 aliphatic rings. The number of nitro groups is 1. The first-order valence-corrected chi connectivity index (χ1v) is 12.5. The van der Waals surface area contributed by atoms with Crippen LogP contribution in [-0.4, -0.2) is 65.5 Å². The van der Waals surface area contributed by atoms with Crippen LogP contribution in [0.3, 0.4) is 0 Å². The van der Waals surface area contributed by atoms with Crippen LogP contribution in [0.4, 0.5) is 10.5 Å². The summed E-state index contributed by atoms with van der Waals surface area (Å²) in [7, 11) is 0. The molecule has 10 N–H and O–H groups in total. The molecule has 1 aromatic rings. The van der Waals surface area contributed by atoms with E-state index in [0.717, 1.165) is 0 Å². The van der Waals surface area contributed by atoms with Crippen LogP contribution in [0.5, 0.6) is 0 Å². The van der Waals surface area contributed by atoms with Crippen LogP contribution in [0.1, 0.15) is 45.6 Å². The van der Waals surface area contributed by atoms with E-state index in [1.165, 1.54) is 37.4 Å². The van der Waals surface area contributed by atoms with Crippen molar-refractivity contribution in [3.8, 4) is 0 Å². The summed E-state index contributed by atoms with van der Waals surface area (Å²) in [6.45, 7) is 5.32. The monoisotopic (exact) mass is 563 g/mol. The first-order valence-electron chi connectivity index (χ1n) is 12.5. The Labute approximate surface area is 231 Å². The highest BCUT2D eigenvalue weighted by molar-refractivity contribution is 5.93. The Morgan fingerprint density at radius 2 is 1.62 bits per heavy atom. The van der Waals surface area contributed by atoms with Gasteiger partial charge in [-0.25, -0.2) is 10.2 Å². The highest BCUT2D eigenvalue weighted by Gasteiger charge is 2.28. The second-order valence-corrected chi connectivity index (χ2v) is 9.39. The SMILES string of the molecule is CC(=O)N[C@@H](CC(C)C)C(=O)N[C@@H](Cc1ccc([N+](=O)[O-])cc1)C(=O)N[C@@H](CCCN=C(N)N)/[13CH]=N/NC(N)=O. The Morgan fingerprint density at radius 1 is 1.00 bits per heavy atom. The molecule has 3 atom stereocenters. The maximum Gasteiger partial charge on any atom is 0.332 e. The number of non-ortho nitro benzene ring substituents is 1. The van der Waals surface area contributed by atoms with Gasteiger partial charge in [0.2, 0.25) is 17.7 Å². The van der Waals surface area contributed by atoms with Crippen molar-refractivity contribution in [1.29, 1.82) is 0 Å². The molecule has 0 bridgehead atoms. The third kappa shape index (κ3) is 13.7. The summed E-state index contributed by atoms with van der Waals surface area (Å²) in [4.78, 5) is 63.6. The van der Waals surface area contributed by atoms with Gasteiger partial charge in [0.15, 0.2) is 5.96 Å². The molecule has 0 saturated heterocycles. The van der Waals surface area contributed by atoms with E-state index >= 15 is 0 Å². The largest absolute Gasteiger partial charge is 0.370 e. The number of rotatable bonds is 16. The van der Waals surface area contributed by atoms with Gasteiger partial charge >= 0.3 is 6.03 Å². The number of nitrogens with zero attached hydrogens (tertiary/aromatic N) is 3. The molecule has 0 spiro atoms. The van der Waals surface area contributed by atoms with Crippen molar-refractivity contribution in [2.75, 3.05) is 6.54 Å². The molecule has 0 unspecified atom stereocenters. The van der Waals surface area contributed by atoms with Crippen molar-refractivity contribution in [2.24, 2.45) is 33.2 Å². The molecule has 0 saturated carbocycles. The van der Waals surface area contributed by atoms with E-state index < -0.39 is 46.8 Å². The molecule has 1 rings (SSSR count). The number of hydrazone groups is 1. The molecule has 0 fully saturated rings. The summed E-state index contributed by atoms with van der Waals surface area (Å²) in [5.74, 6) is -1.61. The van der Waals surface area contributed by atoms with Crippen LogP contribution in [0, 0.1) is 16.0 Å². The van der Waals surface area contributed by atoms with Gasteiger partial charge in [-0.1, -0.05) is 26.0 Å².